The molecule has 28 heavy (non-hydrogen) atoms. The lowest BCUT2D eigenvalue weighted by Gasteiger charge is -2.14. The van der Waals surface area contributed by atoms with Crippen molar-refractivity contribution in [3.8, 4) is 11.5 Å². The second-order valence-electron chi connectivity index (χ2n) is 6.84. The molecule has 0 aliphatic heterocycles. The molecule has 0 aromatic heterocycles. The number of nitrogens with zero attached hydrogens (tertiary/aromatic N) is 1. The Morgan fingerprint density at radius 1 is 0.964 bits per heavy atom. The zero-order chi connectivity index (χ0) is 20.4. The van der Waals surface area contributed by atoms with Crippen molar-refractivity contribution >= 4 is 5.97 Å². The molecule has 0 bridgehead atoms. The van der Waals surface area contributed by atoms with Crippen LogP contribution in [0.1, 0.15) is 22.3 Å². The Hall–Kier alpha value is -2.57. The van der Waals surface area contributed by atoms with E-state index < -0.39 is 12.1 Å². The number of methoxy groups -OCH3 is 1. The van der Waals surface area contributed by atoms with Crippen LogP contribution in [0.25, 0.3) is 0 Å². The summed E-state index contributed by atoms with van der Waals surface area (Å²) >= 11 is 0. The van der Waals surface area contributed by atoms with E-state index in [4.69, 9.17) is 9.47 Å². The van der Waals surface area contributed by atoms with E-state index in [1.54, 1.807) is 24.3 Å². The quantitative estimate of drug-likeness (QED) is 0.598. The standard InChI is InChI=1S/C22H29NO5/c1-23(2)14-4-5-17-6-10-20(11-7-17)27-15-19(24)16-28-21-12-8-18(9-13-21)22(25)26-3/h6-13,19,24H,4-5,14-16H2,1-3H3. The molecule has 0 radical (unpaired) electrons. The van der Waals surface area contributed by atoms with Crippen molar-refractivity contribution in [1.29, 1.82) is 0 Å². The summed E-state index contributed by atoms with van der Waals surface area (Å²) in [4.78, 5) is 13.6. The van der Waals surface area contributed by atoms with E-state index in [0.29, 0.717) is 11.3 Å². The molecule has 0 aliphatic carbocycles. The van der Waals surface area contributed by atoms with E-state index >= 15 is 0 Å². The fourth-order valence-electron chi connectivity index (χ4n) is 2.59. The number of hydrogen-bond acceptors (Lipinski definition) is 6. The van der Waals surface area contributed by atoms with Crippen LogP contribution in [-0.2, 0) is 11.2 Å². The number of carbonyl (C=O) groups excluding carboxylic acids is 1. The van der Waals surface area contributed by atoms with E-state index in [2.05, 4.69) is 35.9 Å². The number of hydrogen-bond donors (Lipinski definition) is 1. The summed E-state index contributed by atoms with van der Waals surface area (Å²) in [5.74, 6) is 0.885. The van der Waals surface area contributed by atoms with Gasteiger partial charge in [-0.25, -0.2) is 4.79 Å². The number of rotatable bonds is 11. The van der Waals surface area contributed by atoms with Crippen LogP contribution in [0.4, 0.5) is 0 Å². The Morgan fingerprint density at radius 3 is 2.00 bits per heavy atom. The van der Waals surface area contributed by atoms with Crippen molar-refractivity contribution in [2.24, 2.45) is 0 Å². The molecule has 2 aromatic carbocycles. The van der Waals surface area contributed by atoms with Crippen LogP contribution in [-0.4, -0.2) is 63.0 Å². The summed E-state index contributed by atoms with van der Waals surface area (Å²) in [6.07, 6.45) is 1.38. The molecule has 1 atom stereocenters. The lowest BCUT2D eigenvalue weighted by molar-refractivity contribution is 0.0597. The van der Waals surface area contributed by atoms with Gasteiger partial charge in [0, 0.05) is 0 Å². The molecule has 0 saturated heterocycles. The fraction of sp³-hybridized carbons (Fsp3) is 0.409. The number of ether oxygens (including phenoxy) is 3. The Labute approximate surface area is 166 Å². The third kappa shape index (κ3) is 7.58. The minimum Gasteiger partial charge on any atom is -0.491 e. The van der Waals surface area contributed by atoms with Gasteiger partial charge in [-0.3, -0.25) is 0 Å². The highest BCUT2D eigenvalue weighted by molar-refractivity contribution is 5.89. The number of benzene rings is 2. The molecule has 0 spiro atoms. The SMILES string of the molecule is COC(=O)c1ccc(OCC(O)COc2ccc(CCCN(C)C)cc2)cc1. The minimum absolute atomic E-state index is 0.0974. The highest BCUT2D eigenvalue weighted by atomic mass is 16.5. The van der Waals surface area contributed by atoms with Crippen molar-refractivity contribution in [2.75, 3.05) is 41.0 Å². The topological polar surface area (TPSA) is 68.2 Å². The van der Waals surface area contributed by atoms with E-state index in [-0.39, 0.29) is 13.2 Å². The molecule has 1 N–H and O–H groups in total. The van der Waals surface area contributed by atoms with E-state index in [9.17, 15) is 9.90 Å². The van der Waals surface area contributed by atoms with Crippen LogP contribution >= 0.6 is 0 Å². The number of carbonyl (C=O) groups is 1. The highest BCUT2D eigenvalue weighted by Crippen LogP contribution is 2.15. The average molecular weight is 387 g/mol. The highest BCUT2D eigenvalue weighted by Gasteiger charge is 2.09. The summed E-state index contributed by atoms with van der Waals surface area (Å²) in [6, 6.07) is 14.5. The van der Waals surface area contributed by atoms with Gasteiger partial charge in [-0.15, -0.1) is 0 Å². The van der Waals surface area contributed by atoms with Crippen molar-refractivity contribution in [3.63, 3.8) is 0 Å². The molecule has 152 valence electrons. The maximum atomic E-state index is 11.4. The van der Waals surface area contributed by atoms with Crippen molar-refractivity contribution < 1.29 is 24.1 Å². The zero-order valence-electron chi connectivity index (χ0n) is 16.8. The second kappa shape index (κ2) is 11.3. The van der Waals surface area contributed by atoms with E-state index in [1.807, 2.05) is 12.1 Å². The molecule has 2 aromatic rings. The molecule has 2 rings (SSSR count). The molecular formula is C22H29NO5. The normalized spacial score (nSPS) is 11.9. The van der Waals surface area contributed by atoms with Crippen molar-refractivity contribution in [1.82, 2.24) is 4.90 Å². The van der Waals surface area contributed by atoms with Crippen LogP contribution < -0.4 is 9.47 Å². The van der Waals surface area contributed by atoms with Gasteiger partial charge in [0.2, 0.25) is 0 Å². The molecular weight excluding hydrogens is 358 g/mol. The van der Waals surface area contributed by atoms with Crippen molar-refractivity contribution in [2.45, 2.75) is 18.9 Å². The Morgan fingerprint density at radius 2 is 1.50 bits per heavy atom. The average Bonchev–Trinajstić information content (AvgIpc) is 2.71. The smallest absolute Gasteiger partial charge is 0.337 e. The molecule has 6 heteroatoms. The van der Waals surface area contributed by atoms with Gasteiger partial charge in [-0.2, -0.15) is 0 Å². The first-order valence-electron chi connectivity index (χ1n) is 9.33. The number of aliphatic hydroxyl groups excluding tert-OH is 1. The van der Waals surface area contributed by atoms with Gasteiger partial charge in [-0.1, -0.05) is 12.1 Å². The van der Waals surface area contributed by atoms with Crippen LogP contribution in [0.2, 0.25) is 0 Å². The first-order valence-corrected chi connectivity index (χ1v) is 9.33. The van der Waals surface area contributed by atoms with Crippen LogP contribution in [0, 0.1) is 0 Å². The Bertz CT molecular complexity index is 713. The van der Waals surface area contributed by atoms with Crippen molar-refractivity contribution in [3.05, 3.63) is 59.7 Å². The van der Waals surface area contributed by atoms with Gasteiger partial charge in [0.1, 0.15) is 30.8 Å². The lowest BCUT2D eigenvalue weighted by Crippen LogP contribution is -2.25. The van der Waals surface area contributed by atoms with Gasteiger partial charge in [-0.05, 0) is 75.4 Å². The number of aliphatic hydroxyl groups is 1. The number of esters is 1. The molecule has 1 unspecified atom stereocenters. The summed E-state index contributed by atoms with van der Waals surface area (Å²) in [5, 5.41) is 10.0. The predicted octanol–water partition coefficient (Wildman–Crippen LogP) is 2.79. The summed E-state index contributed by atoms with van der Waals surface area (Å²) < 4.78 is 15.8. The van der Waals surface area contributed by atoms with Gasteiger partial charge >= 0.3 is 5.97 Å². The third-order valence-corrected chi connectivity index (χ3v) is 4.15. The summed E-state index contributed by atoms with van der Waals surface area (Å²) in [5.41, 5.74) is 1.72. The summed E-state index contributed by atoms with van der Waals surface area (Å²) in [6.45, 7) is 1.30. The molecule has 0 saturated carbocycles. The van der Waals surface area contributed by atoms with Crippen LogP contribution in [0.15, 0.2) is 48.5 Å². The molecule has 0 amide bonds. The third-order valence-electron chi connectivity index (χ3n) is 4.15. The molecule has 6 nitrogen and oxygen atoms in total. The van der Waals surface area contributed by atoms with Crippen LogP contribution in [0.3, 0.4) is 0 Å². The summed E-state index contributed by atoms with van der Waals surface area (Å²) in [7, 11) is 5.48. The Balaban J connectivity index is 1.70. The first kappa shape index (κ1) is 21.7. The second-order valence-corrected chi connectivity index (χ2v) is 6.84. The van der Waals surface area contributed by atoms with E-state index in [0.717, 1.165) is 25.1 Å². The zero-order valence-corrected chi connectivity index (χ0v) is 16.8. The predicted molar refractivity (Wildman–Crippen MR) is 108 cm³/mol. The number of aryl methyl sites for hydroxylation is 1. The van der Waals surface area contributed by atoms with Gasteiger partial charge in [0.15, 0.2) is 0 Å². The maximum absolute atomic E-state index is 11.4. The molecule has 0 heterocycles. The minimum atomic E-state index is -0.764. The van der Waals surface area contributed by atoms with Gasteiger partial charge < -0.3 is 24.2 Å². The van der Waals surface area contributed by atoms with Gasteiger partial charge in [0.05, 0.1) is 12.7 Å². The molecule has 0 aliphatic rings. The van der Waals surface area contributed by atoms with Gasteiger partial charge in [0.25, 0.3) is 0 Å². The lowest BCUT2D eigenvalue weighted by atomic mass is 10.1. The fourth-order valence-corrected chi connectivity index (χ4v) is 2.59. The monoisotopic (exact) mass is 387 g/mol. The maximum Gasteiger partial charge on any atom is 0.337 e. The molecule has 0 fully saturated rings. The Kier molecular flexibility index (Phi) is 8.78. The van der Waals surface area contributed by atoms with E-state index in [1.165, 1.54) is 12.7 Å². The largest absolute Gasteiger partial charge is 0.491 e. The first-order chi connectivity index (χ1) is 13.5. The van der Waals surface area contributed by atoms with Crippen LogP contribution in [0.5, 0.6) is 11.5 Å².